The van der Waals surface area contributed by atoms with Gasteiger partial charge in [0.05, 0.1) is 0 Å². The first-order valence-corrected chi connectivity index (χ1v) is 13.0. The molecule has 0 aromatic heterocycles. The molecule has 1 unspecified atom stereocenters. The summed E-state index contributed by atoms with van der Waals surface area (Å²) < 4.78 is 0. The van der Waals surface area contributed by atoms with E-state index in [0.717, 1.165) is 31.1 Å². The molecule has 0 heteroatoms. The minimum atomic E-state index is 0.862. The molecule has 0 heterocycles. The van der Waals surface area contributed by atoms with E-state index in [9.17, 15) is 0 Å². The predicted molar refractivity (Wildman–Crippen MR) is 131 cm³/mol. The van der Waals surface area contributed by atoms with Crippen molar-refractivity contribution in [3.63, 3.8) is 0 Å². The Labute approximate surface area is 180 Å². The Morgan fingerprint density at radius 2 is 0.929 bits per heavy atom. The summed E-state index contributed by atoms with van der Waals surface area (Å²) in [5, 5.41) is 0. The van der Waals surface area contributed by atoms with Crippen LogP contribution in [-0.4, -0.2) is 0 Å². The summed E-state index contributed by atoms with van der Waals surface area (Å²) in [6, 6.07) is 0. The van der Waals surface area contributed by atoms with Crippen molar-refractivity contribution in [1.29, 1.82) is 0 Å². The van der Waals surface area contributed by atoms with E-state index in [0.29, 0.717) is 0 Å². The maximum atomic E-state index is 3.92. The Balaban J connectivity index is 3.46. The molecule has 0 aliphatic carbocycles. The quantitative estimate of drug-likeness (QED) is 0.127. The highest BCUT2D eigenvalue weighted by Gasteiger charge is 2.12. The topological polar surface area (TPSA) is 0 Å². The molecule has 1 atom stereocenters. The number of allylic oxidation sites excluding steroid dienone is 2. The van der Waals surface area contributed by atoms with E-state index in [1.165, 1.54) is 109 Å². The molecule has 0 rings (SSSR count). The summed E-state index contributed by atoms with van der Waals surface area (Å²) in [5.41, 5.74) is 0. The molecule has 0 aromatic rings. The van der Waals surface area contributed by atoms with Crippen LogP contribution in [0.3, 0.4) is 0 Å². The summed E-state index contributed by atoms with van der Waals surface area (Å²) >= 11 is 0. The lowest BCUT2D eigenvalue weighted by Gasteiger charge is -2.20. The van der Waals surface area contributed by atoms with Gasteiger partial charge >= 0.3 is 0 Å². The van der Waals surface area contributed by atoms with Crippen molar-refractivity contribution in [1.82, 2.24) is 0 Å². The van der Waals surface area contributed by atoms with Gasteiger partial charge in [0.25, 0.3) is 0 Å². The van der Waals surface area contributed by atoms with Crippen LogP contribution in [0.5, 0.6) is 0 Å². The molecule has 166 valence electrons. The van der Waals surface area contributed by atoms with Crippen molar-refractivity contribution >= 4 is 0 Å². The average molecular weight is 391 g/mol. The zero-order valence-corrected chi connectivity index (χ0v) is 19.9. The Morgan fingerprint density at radius 1 is 0.500 bits per heavy atom. The zero-order chi connectivity index (χ0) is 20.7. The second-order valence-electron chi connectivity index (χ2n) is 9.29. The lowest BCUT2D eigenvalue weighted by atomic mass is 9.85. The summed E-state index contributed by atoms with van der Waals surface area (Å²) in [5.74, 6) is 1.82. The largest absolute Gasteiger partial charge is 0.0885 e. The zero-order valence-electron chi connectivity index (χ0n) is 19.9. The van der Waals surface area contributed by atoms with Gasteiger partial charge in [0.15, 0.2) is 0 Å². The summed E-state index contributed by atoms with van der Waals surface area (Å²) in [6.45, 7) is 12.7. The molecule has 0 saturated heterocycles. The van der Waals surface area contributed by atoms with Gasteiger partial charge in [-0.15, -0.1) is 0 Å². The summed E-state index contributed by atoms with van der Waals surface area (Å²) in [7, 11) is 0. The first kappa shape index (κ1) is 27.7. The lowest BCUT2D eigenvalue weighted by molar-refractivity contribution is 0.313. The van der Waals surface area contributed by atoms with Crippen LogP contribution in [0.1, 0.15) is 142 Å². The number of hydrogen-bond donors (Lipinski definition) is 0. The SMILES string of the molecule is [CH2]CC/C=C/CCCCCC(CCCCCCCCCCCCC[CH2])C(C)C. The molecule has 0 amide bonds. The number of hydrogen-bond acceptors (Lipinski definition) is 0. The molecule has 2 radical (unpaired) electrons. The maximum absolute atomic E-state index is 3.92. The summed E-state index contributed by atoms with van der Waals surface area (Å²) in [4.78, 5) is 0. The molecule has 0 nitrogen and oxygen atoms in total. The van der Waals surface area contributed by atoms with Crippen LogP contribution in [0.15, 0.2) is 12.2 Å². The Hall–Kier alpha value is -0.260. The van der Waals surface area contributed by atoms with Gasteiger partial charge in [-0.25, -0.2) is 0 Å². The van der Waals surface area contributed by atoms with Crippen LogP contribution in [-0.2, 0) is 0 Å². The second-order valence-corrected chi connectivity index (χ2v) is 9.29. The van der Waals surface area contributed by atoms with Crippen molar-refractivity contribution in [3.8, 4) is 0 Å². The highest BCUT2D eigenvalue weighted by Crippen LogP contribution is 2.25. The van der Waals surface area contributed by atoms with Gasteiger partial charge in [0.2, 0.25) is 0 Å². The molecule has 0 fully saturated rings. The maximum Gasteiger partial charge on any atom is -0.0351 e. The number of unbranched alkanes of at least 4 members (excludes halogenated alkanes) is 15. The van der Waals surface area contributed by atoms with Crippen LogP contribution >= 0.6 is 0 Å². The van der Waals surface area contributed by atoms with E-state index in [1.807, 2.05) is 0 Å². The number of rotatable bonds is 22. The highest BCUT2D eigenvalue weighted by molar-refractivity contribution is 4.81. The van der Waals surface area contributed by atoms with Gasteiger partial charge in [-0.1, -0.05) is 143 Å². The third-order valence-electron chi connectivity index (χ3n) is 6.25. The fourth-order valence-electron chi connectivity index (χ4n) is 4.18. The van der Waals surface area contributed by atoms with Gasteiger partial charge in [0.1, 0.15) is 0 Å². The smallest absolute Gasteiger partial charge is 0.0351 e. The molecule has 0 aromatic carbocycles. The van der Waals surface area contributed by atoms with E-state index in [4.69, 9.17) is 0 Å². The van der Waals surface area contributed by atoms with Crippen molar-refractivity contribution in [3.05, 3.63) is 26.0 Å². The molecule has 0 spiro atoms. The predicted octanol–water partition coefficient (Wildman–Crippen LogP) is 10.3. The molecule has 0 aliphatic rings. The van der Waals surface area contributed by atoms with Crippen LogP contribution in [0, 0.1) is 25.7 Å². The first-order chi connectivity index (χ1) is 13.7. The van der Waals surface area contributed by atoms with Crippen LogP contribution in [0.25, 0.3) is 0 Å². The minimum absolute atomic E-state index is 0.862. The van der Waals surface area contributed by atoms with Crippen molar-refractivity contribution in [2.45, 2.75) is 142 Å². The molecule has 0 saturated carbocycles. The standard InChI is InChI=1S/C28H54/c1-5-7-9-11-13-15-16-17-18-20-22-24-26-28(27(3)4)25-23-21-19-14-12-10-8-6-2/h10,12,27-28H,1-2,5-9,11,13-26H2,3-4H3/b12-10+. The fourth-order valence-corrected chi connectivity index (χ4v) is 4.18. The van der Waals surface area contributed by atoms with Crippen molar-refractivity contribution < 1.29 is 0 Å². The van der Waals surface area contributed by atoms with Crippen LogP contribution in [0.2, 0.25) is 0 Å². The van der Waals surface area contributed by atoms with E-state index in [1.54, 1.807) is 0 Å². The average Bonchev–Trinajstić information content (AvgIpc) is 2.68. The van der Waals surface area contributed by atoms with Crippen molar-refractivity contribution in [2.75, 3.05) is 0 Å². The Morgan fingerprint density at radius 3 is 1.39 bits per heavy atom. The van der Waals surface area contributed by atoms with Gasteiger partial charge in [-0.3, -0.25) is 0 Å². The Kier molecular flexibility index (Phi) is 22.8. The first-order valence-electron chi connectivity index (χ1n) is 13.0. The normalized spacial score (nSPS) is 13.0. The van der Waals surface area contributed by atoms with Gasteiger partial charge < -0.3 is 0 Å². The van der Waals surface area contributed by atoms with E-state index in [-0.39, 0.29) is 0 Å². The van der Waals surface area contributed by atoms with Crippen LogP contribution < -0.4 is 0 Å². The van der Waals surface area contributed by atoms with Crippen molar-refractivity contribution in [2.24, 2.45) is 11.8 Å². The third-order valence-corrected chi connectivity index (χ3v) is 6.25. The Bertz CT molecular complexity index is 301. The van der Waals surface area contributed by atoms with Gasteiger partial charge in [-0.05, 0) is 37.5 Å². The fraction of sp³-hybridized carbons (Fsp3) is 0.857. The van der Waals surface area contributed by atoms with Gasteiger partial charge in [0, 0.05) is 0 Å². The molecule has 0 bridgehead atoms. The molecular weight excluding hydrogens is 336 g/mol. The summed E-state index contributed by atoms with van der Waals surface area (Å²) in [6.07, 6.45) is 32.2. The monoisotopic (exact) mass is 390 g/mol. The van der Waals surface area contributed by atoms with E-state index >= 15 is 0 Å². The van der Waals surface area contributed by atoms with E-state index in [2.05, 4.69) is 39.8 Å². The van der Waals surface area contributed by atoms with E-state index < -0.39 is 0 Å². The lowest BCUT2D eigenvalue weighted by Crippen LogP contribution is -2.08. The second kappa shape index (κ2) is 23.0. The van der Waals surface area contributed by atoms with Gasteiger partial charge in [-0.2, -0.15) is 0 Å². The minimum Gasteiger partial charge on any atom is -0.0885 e. The molecule has 28 heavy (non-hydrogen) atoms. The molecule has 0 N–H and O–H groups in total. The molecule has 0 aliphatic heterocycles. The molecular formula is C28H54. The highest BCUT2D eigenvalue weighted by atomic mass is 14.2. The van der Waals surface area contributed by atoms with Crippen LogP contribution in [0.4, 0.5) is 0 Å². The third kappa shape index (κ3) is 20.5.